The van der Waals surface area contributed by atoms with Crippen LogP contribution in [0.2, 0.25) is 0 Å². The predicted octanol–water partition coefficient (Wildman–Crippen LogP) is 1.32. The predicted molar refractivity (Wildman–Crippen MR) is 80.2 cm³/mol. The number of amides is 2. The Morgan fingerprint density at radius 3 is 2.43 bits per heavy atom. The zero-order valence-electron chi connectivity index (χ0n) is 13.5. The van der Waals surface area contributed by atoms with E-state index >= 15 is 0 Å². The minimum absolute atomic E-state index is 0.0737. The Bertz CT molecular complexity index is 424. The normalized spacial score (nSPS) is 30.3. The van der Waals surface area contributed by atoms with Crippen LogP contribution < -0.4 is 0 Å². The van der Waals surface area contributed by atoms with Crippen molar-refractivity contribution in [2.24, 2.45) is 5.92 Å². The first-order valence-corrected chi connectivity index (χ1v) is 7.72. The van der Waals surface area contributed by atoms with E-state index in [1.807, 2.05) is 4.90 Å². The topological polar surface area (TPSA) is 64.1 Å². The zero-order chi connectivity index (χ0) is 15.8. The summed E-state index contributed by atoms with van der Waals surface area (Å²) in [6.45, 7) is 8.94. The molecular weight excluding hydrogens is 270 g/mol. The number of carbonyl (C=O) groups is 2. The number of aliphatic carboxylic acids is 1. The molecule has 0 spiro atoms. The maximum atomic E-state index is 12.7. The summed E-state index contributed by atoms with van der Waals surface area (Å²) in [6.07, 6.45) is 1.44. The van der Waals surface area contributed by atoms with Gasteiger partial charge < -0.3 is 14.9 Å². The first-order valence-electron chi connectivity index (χ1n) is 7.72. The Kier molecular flexibility index (Phi) is 4.46. The number of likely N-dealkylation sites (tertiary alicyclic amines) is 1. The van der Waals surface area contributed by atoms with Gasteiger partial charge in [0.2, 0.25) is 0 Å². The maximum absolute atomic E-state index is 12.7. The van der Waals surface area contributed by atoms with Crippen LogP contribution in [0.4, 0.5) is 4.79 Å². The molecule has 2 heterocycles. The summed E-state index contributed by atoms with van der Waals surface area (Å²) in [5.74, 6) is -0.526. The number of carboxylic acid groups (broad SMARTS) is 1. The number of carboxylic acids is 1. The van der Waals surface area contributed by atoms with Gasteiger partial charge in [-0.2, -0.15) is 0 Å². The Hall–Kier alpha value is -1.30. The van der Waals surface area contributed by atoms with Crippen LogP contribution >= 0.6 is 0 Å². The van der Waals surface area contributed by atoms with Gasteiger partial charge in [-0.05, 0) is 39.7 Å². The van der Waals surface area contributed by atoms with Gasteiger partial charge in [0.05, 0.1) is 0 Å². The van der Waals surface area contributed by atoms with Crippen molar-refractivity contribution in [2.75, 3.05) is 33.2 Å². The minimum atomic E-state index is -0.886. The SMILES string of the molecule is CC1CCN(C(=O)N2CCN(C)C(C)(C)C2)C(C(=O)O)C1. The molecule has 6 heteroatoms. The third-order valence-corrected chi connectivity index (χ3v) is 4.98. The molecule has 2 atom stereocenters. The van der Waals surface area contributed by atoms with Crippen LogP contribution in [-0.2, 0) is 4.79 Å². The third kappa shape index (κ3) is 3.31. The summed E-state index contributed by atoms with van der Waals surface area (Å²) in [5.41, 5.74) is -0.0737. The van der Waals surface area contributed by atoms with Gasteiger partial charge in [-0.25, -0.2) is 9.59 Å². The summed E-state index contributed by atoms with van der Waals surface area (Å²) in [5, 5.41) is 9.40. The summed E-state index contributed by atoms with van der Waals surface area (Å²) in [4.78, 5) is 29.8. The van der Waals surface area contributed by atoms with Crippen molar-refractivity contribution in [1.82, 2.24) is 14.7 Å². The summed E-state index contributed by atoms with van der Waals surface area (Å²) >= 11 is 0. The van der Waals surface area contributed by atoms with Crippen molar-refractivity contribution < 1.29 is 14.7 Å². The highest BCUT2D eigenvalue weighted by molar-refractivity contribution is 5.83. The average Bonchev–Trinajstić information content (AvgIpc) is 2.41. The number of piperazine rings is 1. The molecule has 0 bridgehead atoms. The van der Waals surface area contributed by atoms with Crippen LogP contribution in [-0.4, -0.2) is 76.6 Å². The molecular formula is C15H27N3O3. The number of carbonyl (C=O) groups excluding carboxylic acids is 1. The molecule has 0 radical (unpaired) electrons. The van der Waals surface area contributed by atoms with Gasteiger partial charge in [-0.1, -0.05) is 6.92 Å². The highest BCUT2D eigenvalue weighted by Gasteiger charge is 2.40. The van der Waals surface area contributed by atoms with Crippen molar-refractivity contribution in [3.8, 4) is 0 Å². The maximum Gasteiger partial charge on any atom is 0.326 e. The van der Waals surface area contributed by atoms with Crippen LogP contribution in [0.1, 0.15) is 33.6 Å². The molecule has 2 aliphatic heterocycles. The number of urea groups is 1. The van der Waals surface area contributed by atoms with Gasteiger partial charge in [0.25, 0.3) is 0 Å². The first kappa shape index (κ1) is 16.1. The van der Waals surface area contributed by atoms with Crippen molar-refractivity contribution in [3.63, 3.8) is 0 Å². The Morgan fingerprint density at radius 1 is 1.19 bits per heavy atom. The number of hydrogen-bond donors (Lipinski definition) is 1. The fraction of sp³-hybridized carbons (Fsp3) is 0.867. The van der Waals surface area contributed by atoms with E-state index in [1.54, 1.807) is 4.90 Å². The minimum Gasteiger partial charge on any atom is -0.480 e. The van der Waals surface area contributed by atoms with E-state index in [0.717, 1.165) is 13.0 Å². The second-order valence-corrected chi connectivity index (χ2v) is 7.12. The molecule has 0 aromatic rings. The first-order chi connectivity index (χ1) is 9.72. The van der Waals surface area contributed by atoms with E-state index in [1.165, 1.54) is 0 Å². The number of rotatable bonds is 1. The molecule has 1 N–H and O–H groups in total. The van der Waals surface area contributed by atoms with E-state index in [9.17, 15) is 14.7 Å². The number of piperidine rings is 1. The molecule has 0 saturated carbocycles. The zero-order valence-corrected chi connectivity index (χ0v) is 13.5. The Balaban J connectivity index is 2.09. The molecule has 120 valence electrons. The molecule has 21 heavy (non-hydrogen) atoms. The molecule has 2 rings (SSSR count). The molecule has 2 aliphatic rings. The van der Waals surface area contributed by atoms with Crippen molar-refractivity contribution in [3.05, 3.63) is 0 Å². The lowest BCUT2D eigenvalue weighted by Crippen LogP contribution is -2.63. The molecule has 0 aromatic carbocycles. The average molecular weight is 297 g/mol. The van der Waals surface area contributed by atoms with Crippen LogP contribution in [0, 0.1) is 5.92 Å². The number of nitrogens with zero attached hydrogens (tertiary/aromatic N) is 3. The lowest BCUT2D eigenvalue weighted by molar-refractivity contribution is -0.144. The van der Waals surface area contributed by atoms with Gasteiger partial charge in [0.1, 0.15) is 6.04 Å². The molecule has 0 aliphatic carbocycles. The molecule has 2 saturated heterocycles. The van der Waals surface area contributed by atoms with Crippen LogP contribution in [0.15, 0.2) is 0 Å². The standard InChI is InChI=1S/C15H27N3O3/c1-11-5-6-18(12(9-11)13(19)20)14(21)17-8-7-16(4)15(2,3)10-17/h11-12H,5-10H2,1-4H3,(H,19,20). The molecule has 2 unspecified atom stereocenters. The lowest BCUT2D eigenvalue weighted by Gasteiger charge is -2.47. The summed E-state index contributed by atoms with van der Waals surface area (Å²) in [6, 6.07) is -0.792. The fourth-order valence-corrected chi connectivity index (χ4v) is 3.19. The fourth-order valence-electron chi connectivity index (χ4n) is 3.19. The van der Waals surface area contributed by atoms with Crippen LogP contribution in [0.25, 0.3) is 0 Å². The monoisotopic (exact) mass is 297 g/mol. The van der Waals surface area contributed by atoms with Crippen LogP contribution in [0.5, 0.6) is 0 Å². The quantitative estimate of drug-likeness (QED) is 0.793. The third-order valence-electron chi connectivity index (χ3n) is 4.98. The highest BCUT2D eigenvalue weighted by atomic mass is 16.4. The lowest BCUT2D eigenvalue weighted by atomic mass is 9.92. The molecule has 6 nitrogen and oxygen atoms in total. The second-order valence-electron chi connectivity index (χ2n) is 7.12. The Morgan fingerprint density at radius 2 is 1.86 bits per heavy atom. The molecule has 2 amide bonds. The smallest absolute Gasteiger partial charge is 0.326 e. The second kappa shape index (κ2) is 5.83. The van der Waals surface area contributed by atoms with Gasteiger partial charge in [-0.15, -0.1) is 0 Å². The van der Waals surface area contributed by atoms with Crippen molar-refractivity contribution in [1.29, 1.82) is 0 Å². The van der Waals surface area contributed by atoms with Crippen molar-refractivity contribution in [2.45, 2.75) is 45.2 Å². The van der Waals surface area contributed by atoms with E-state index < -0.39 is 12.0 Å². The summed E-state index contributed by atoms with van der Waals surface area (Å²) < 4.78 is 0. The summed E-state index contributed by atoms with van der Waals surface area (Å²) in [7, 11) is 2.06. The number of hydrogen-bond acceptors (Lipinski definition) is 3. The van der Waals surface area contributed by atoms with Gasteiger partial charge in [0.15, 0.2) is 0 Å². The van der Waals surface area contributed by atoms with Gasteiger partial charge in [0, 0.05) is 31.7 Å². The molecule has 0 aromatic heterocycles. The number of likely N-dealkylation sites (N-methyl/N-ethyl adjacent to an activating group) is 1. The van der Waals surface area contributed by atoms with Gasteiger partial charge >= 0.3 is 12.0 Å². The van der Waals surface area contributed by atoms with E-state index in [0.29, 0.717) is 32.0 Å². The highest BCUT2D eigenvalue weighted by Crippen LogP contribution is 2.26. The van der Waals surface area contributed by atoms with Gasteiger partial charge in [-0.3, -0.25) is 4.90 Å². The van der Waals surface area contributed by atoms with Crippen LogP contribution in [0.3, 0.4) is 0 Å². The van der Waals surface area contributed by atoms with E-state index in [2.05, 4.69) is 32.7 Å². The largest absolute Gasteiger partial charge is 0.480 e. The molecule has 2 fully saturated rings. The van der Waals surface area contributed by atoms with E-state index in [4.69, 9.17) is 0 Å². The Labute approximate surface area is 126 Å². The van der Waals surface area contributed by atoms with E-state index in [-0.39, 0.29) is 11.6 Å². The van der Waals surface area contributed by atoms with Crippen molar-refractivity contribution >= 4 is 12.0 Å².